The monoisotopic (exact) mass is 428 g/mol. The Bertz CT molecular complexity index is 645. The number of halogens is 2. The fraction of sp³-hybridized carbons (Fsp3) is 0.579. The molecule has 2 rings (SSSR count). The number of nitrogens with zero attached hydrogens (tertiary/aromatic N) is 1. The van der Waals surface area contributed by atoms with Gasteiger partial charge < -0.3 is 15.0 Å². The van der Waals surface area contributed by atoms with Gasteiger partial charge in [-0.1, -0.05) is 35.0 Å². The molecule has 1 aliphatic rings. The van der Waals surface area contributed by atoms with E-state index in [1.54, 1.807) is 20.8 Å². The lowest BCUT2D eigenvalue weighted by molar-refractivity contribution is -0.133. The summed E-state index contributed by atoms with van der Waals surface area (Å²) in [7, 11) is 0. The summed E-state index contributed by atoms with van der Waals surface area (Å²) < 4.78 is 19.8. The van der Waals surface area contributed by atoms with Crippen LogP contribution in [0.2, 0.25) is 0 Å². The maximum Gasteiger partial charge on any atom is 0.408 e. The fourth-order valence-electron chi connectivity index (χ4n) is 2.91. The second kappa shape index (κ2) is 8.37. The van der Waals surface area contributed by atoms with Gasteiger partial charge in [0.05, 0.1) is 6.54 Å². The Hall–Kier alpha value is -1.63. The Morgan fingerprint density at radius 3 is 2.42 bits per heavy atom. The van der Waals surface area contributed by atoms with E-state index in [1.807, 2.05) is 31.2 Å². The molecule has 1 aromatic rings. The van der Waals surface area contributed by atoms with Crippen LogP contribution in [0.15, 0.2) is 28.7 Å². The van der Waals surface area contributed by atoms with E-state index in [2.05, 4.69) is 21.2 Å². The summed E-state index contributed by atoms with van der Waals surface area (Å²) in [5, 5.41) is 2.69. The van der Waals surface area contributed by atoms with Crippen molar-refractivity contribution < 1.29 is 18.7 Å². The highest BCUT2D eigenvalue weighted by molar-refractivity contribution is 9.10. The zero-order valence-corrected chi connectivity index (χ0v) is 17.2. The number of carbonyl (C=O) groups is 2. The van der Waals surface area contributed by atoms with E-state index in [-0.39, 0.29) is 18.4 Å². The first kappa shape index (κ1) is 20.7. The fourth-order valence-corrected chi connectivity index (χ4v) is 3.17. The van der Waals surface area contributed by atoms with Gasteiger partial charge in [-0.05, 0) is 44.9 Å². The SMILES string of the molecule is C[C@@H](c1ccc(Br)cc1)[C@H](NC(=O)OC(C)(C)C)C(=O)N1CC[C@H](F)C1. The second-order valence-corrected chi connectivity index (χ2v) is 8.55. The van der Waals surface area contributed by atoms with Crippen molar-refractivity contribution in [1.29, 1.82) is 0 Å². The van der Waals surface area contributed by atoms with Crippen molar-refractivity contribution in [3.63, 3.8) is 0 Å². The first-order valence-corrected chi connectivity index (χ1v) is 9.54. The number of nitrogens with one attached hydrogen (secondary N) is 1. The third kappa shape index (κ3) is 5.69. The molecule has 1 fully saturated rings. The minimum Gasteiger partial charge on any atom is -0.444 e. The number of benzene rings is 1. The lowest BCUT2D eigenvalue weighted by atomic mass is 9.92. The van der Waals surface area contributed by atoms with Gasteiger partial charge in [0.25, 0.3) is 0 Å². The van der Waals surface area contributed by atoms with Crippen LogP contribution in [-0.2, 0) is 9.53 Å². The summed E-state index contributed by atoms with van der Waals surface area (Å²) in [6, 6.07) is 6.74. The van der Waals surface area contributed by atoms with Gasteiger partial charge in [0.1, 0.15) is 17.8 Å². The summed E-state index contributed by atoms with van der Waals surface area (Å²) in [6.07, 6.45) is -1.34. The van der Waals surface area contributed by atoms with Crippen molar-refractivity contribution in [3.05, 3.63) is 34.3 Å². The molecule has 1 heterocycles. The quantitative estimate of drug-likeness (QED) is 0.787. The zero-order valence-electron chi connectivity index (χ0n) is 15.6. The maximum absolute atomic E-state index is 13.5. The van der Waals surface area contributed by atoms with Crippen LogP contribution in [0.3, 0.4) is 0 Å². The number of rotatable bonds is 4. The van der Waals surface area contributed by atoms with E-state index in [4.69, 9.17) is 4.74 Å². The van der Waals surface area contributed by atoms with E-state index >= 15 is 0 Å². The van der Waals surface area contributed by atoms with Crippen molar-refractivity contribution in [1.82, 2.24) is 10.2 Å². The zero-order chi connectivity index (χ0) is 19.5. The molecular weight excluding hydrogens is 403 g/mol. The first-order valence-electron chi connectivity index (χ1n) is 8.74. The third-order valence-corrected chi connectivity index (χ3v) is 4.81. The molecule has 0 unspecified atom stereocenters. The molecule has 1 aliphatic heterocycles. The van der Waals surface area contributed by atoms with Gasteiger partial charge in [0, 0.05) is 16.9 Å². The molecule has 1 N–H and O–H groups in total. The number of carbonyl (C=O) groups excluding carboxylic acids is 2. The van der Waals surface area contributed by atoms with Crippen LogP contribution < -0.4 is 5.32 Å². The van der Waals surface area contributed by atoms with E-state index in [0.717, 1.165) is 10.0 Å². The first-order chi connectivity index (χ1) is 12.1. The van der Waals surface area contributed by atoms with Crippen molar-refractivity contribution in [3.8, 4) is 0 Å². The Labute approximate surface area is 162 Å². The molecule has 0 aromatic heterocycles. The van der Waals surface area contributed by atoms with E-state index in [1.165, 1.54) is 4.90 Å². The van der Waals surface area contributed by atoms with Crippen LogP contribution in [0, 0.1) is 0 Å². The standard InChI is InChI=1S/C19H26BrFN2O3/c1-12(13-5-7-14(20)8-6-13)16(22-18(25)26-19(2,3)4)17(24)23-10-9-15(21)11-23/h5-8,12,15-16H,9-11H2,1-4H3,(H,22,25)/t12-,15-,16-/m0/s1. The molecular formula is C19H26BrFN2O3. The molecule has 7 heteroatoms. The molecule has 0 bridgehead atoms. The van der Waals surface area contributed by atoms with Crippen molar-refractivity contribution in [2.24, 2.45) is 0 Å². The summed E-state index contributed by atoms with van der Waals surface area (Å²) in [6.45, 7) is 7.57. The van der Waals surface area contributed by atoms with Gasteiger partial charge in [-0.2, -0.15) is 0 Å². The third-order valence-electron chi connectivity index (χ3n) is 4.28. The van der Waals surface area contributed by atoms with E-state index < -0.39 is 23.9 Å². The Morgan fingerprint density at radius 2 is 1.92 bits per heavy atom. The number of amides is 2. The van der Waals surface area contributed by atoms with Crippen LogP contribution in [0.4, 0.5) is 9.18 Å². The predicted molar refractivity (Wildman–Crippen MR) is 102 cm³/mol. The average Bonchev–Trinajstić information content (AvgIpc) is 2.97. The lowest BCUT2D eigenvalue weighted by Gasteiger charge is -2.30. The lowest BCUT2D eigenvalue weighted by Crippen LogP contribution is -2.51. The van der Waals surface area contributed by atoms with Gasteiger partial charge >= 0.3 is 6.09 Å². The largest absolute Gasteiger partial charge is 0.444 e. The molecule has 5 nitrogen and oxygen atoms in total. The van der Waals surface area contributed by atoms with Crippen LogP contribution in [0.1, 0.15) is 45.6 Å². The van der Waals surface area contributed by atoms with Crippen molar-refractivity contribution >= 4 is 27.9 Å². The van der Waals surface area contributed by atoms with E-state index in [0.29, 0.717) is 13.0 Å². The molecule has 0 saturated carbocycles. The minimum atomic E-state index is -1.01. The van der Waals surface area contributed by atoms with Crippen LogP contribution in [0.25, 0.3) is 0 Å². The molecule has 144 valence electrons. The summed E-state index contributed by atoms with van der Waals surface area (Å²) in [5.41, 5.74) is 0.231. The van der Waals surface area contributed by atoms with Crippen molar-refractivity contribution in [2.45, 2.75) is 57.8 Å². The Kier molecular flexibility index (Phi) is 6.66. The minimum absolute atomic E-state index is 0.0678. The van der Waals surface area contributed by atoms with Gasteiger partial charge in [0.15, 0.2) is 0 Å². The summed E-state index contributed by atoms with van der Waals surface area (Å²) in [5.74, 6) is -0.576. The maximum atomic E-state index is 13.5. The van der Waals surface area contributed by atoms with Crippen LogP contribution in [0.5, 0.6) is 0 Å². The number of alkyl halides is 1. The number of likely N-dealkylation sites (tertiary alicyclic amines) is 1. The smallest absolute Gasteiger partial charge is 0.408 e. The van der Waals surface area contributed by atoms with Gasteiger partial charge in [-0.3, -0.25) is 4.79 Å². The number of hydrogen-bond acceptors (Lipinski definition) is 3. The van der Waals surface area contributed by atoms with E-state index in [9.17, 15) is 14.0 Å². The van der Waals surface area contributed by atoms with Gasteiger partial charge in [-0.15, -0.1) is 0 Å². The highest BCUT2D eigenvalue weighted by atomic mass is 79.9. The van der Waals surface area contributed by atoms with Crippen LogP contribution in [-0.4, -0.2) is 47.8 Å². The van der Waals surface area contributed by atoms with Gasteiger partial charge in [-0.25, -0.2) is 9.18 Å². The highest BCUT2D eigenvalue weighted by Gasteiger charge is 2.36. The molecule has 2 amide bonds. The molecule has 1 aromatic carbocycles. The number of hydrogen-bond donors (Lipinski definition) is 1. The molecule has 0 radical (unpaired) electrons. The highest BCUT2D eigenvalue weighted by Crippen LogP contribution is 2.25. The summed E-state index contributed by atoms with van der Waals surface area (Å²) >= 11 is 3.39. The average molecular weight is 429 g/mol. The Balaban J connectivity index is 2.21. The normalized spacial score (nSPS) is 19.8. The number of ether oxygens (including phenoxy) is 1. The van der Waals surface area contributed by atoms with Crippen molar-refractivity contribution in [2.75, 3.05) is 13.1 Å². The van der Waals surface area contributed by atoms with Crippen LogP contribution >= 0.6 is 15.9 Å². The second-order valence-electron chi connectivity index (χ2n) is 7.63. The molecule has 3 atom stereocenters. The molecule has 0 spiro atoms. The molecule has 0 aliphatic carbocycles. The number of alkyl carbamates (subject to hydrolysis) is 1. The van der Waals surface area contributed by atoms with Gasteiger partial charge in [0.2, 0.25) is 5.91 Å². The molecule has 26 heavy (non-hydrogen) atoms. The Morgan fingerprint density at radius 1 is 1.31 bits per heavy atom. The summed E-state index contributed by atoms with van der Waals surface area (Å²) in [4.78, 5) is 26.7. The predicted octanol–water partition coefficient (Wildman–Crippen LogP) is 4.02. The topological polar surface area (TPSA) is 58.6 Å². The molecule has 1 saturated heterocycles.